The molecule has 1 N–H and O–H groups in total. The van der Waals surface area contributed by atoms with Crippen LogP contribution in [0.25, 0.3) is 11.3 Å². The summed E-state index contributed by atoms with van der Waals surface area (Å²) in [5, 5.41) is 0. The molecule has 18 heavy (non-hydrogen) atoms. The van der Waals surface area contributed by atoms with Crippen molar-refractivity contribution in [3.63, 3.8) is 0 Å². The Balaban J connectivity index is 2.68. The molecular formula is C12H9F3N2S. The van der Waals surface area contributed by atoms with E-state index in [2.05, 4.69) is 9.97 Å². The van der Waals surface area contributed by atoms with Crippen molar-refractivity contribution in [3.05, 3.63) is 46.4 Å². The van der Waals surface area contributed by atoms with Gasteiger partial charge in [-0.25, -0.2) is 4.98 Å². The van der Waals surface area contributed by atoms with Crippen LogP contribution in [0, 0.1) is 11.7 Å². The van der Waals surface area contributed by atoms with Gasteiger partial charge in [0.2, 0.25) is 0 Å². The maximum atomic E-state index is 12.9. The summed E-state index contributed by atoms with van der Waals surface area (Å²) >= 11 is 4.88. The van der Waals surface area contributed by atoms with Crippen molar-refractivity contribution >= 4 is 12.2 Å². The predicted molar refractivity (Wildman–Crippen MR) is 64.6 cm³/mol. The number of hydrogen-bond acceptors (Lipinski definition) is 2. The second-order valence-electron chi connectivity index (χ2n) is 3.80. The van der Waals surface area contributed by atoms with Crippen LogP contribution < -0.4 is 0 Å². The van der Waals surface area contributed by atoms with Gasteiger partial charge in [0.05, 0.1) is 11.3 Å². The number of H-pyrrole nitrogens is 1. The lowest BCUT2D eigenvalue weighted by molar-refractivity contribution is -0.137. The molecule has 1 aromatic heterocycles. The first kappa shape index (κ1) is 12.8. The summed E-state index contributed by atoms with van der Waals surface area (Å²) in [7, 11) is 0. The fourth-order valence-electron chi connectivity index (χ4n) is 1.67. The smallest absolute Gasteiger partial charge is 0.335 e. The molecule has 0 aliphatic carbocycles. The Morgan fingerprint density at radius 2 is 1.89 bits per heavy atom. The van der Waals surface area contributed by atoms with E-state index in [1.807, 2.05) is 0 Å². The molecule has 1 heterocycles. The van der Waals surface area contributed by atoms with E-state index >= 15 is 0 Å². The van der Waals surface area contributed by atoms with Crippen LogP contribution in [-0.2, 0) is 6.18 Å². The van der Waals surface area contributed by atoms with Crippen LogP contribution in [0.2, 0.25) is 0 Å². The number of nitrogens with zero attached hydrogens (tertiary/aromatic N) is 1. The molecule has 0 atom stereocenters. The van der Waals surface area contributed by atoms with E-state index in [-0.39, 0.29) is 16.0 Å². The SMILES string of the molecule is Cc1cc(-c2ccccc2C(F)(F)F)nc(=S)[nH]1. The minimum atomic E-state index is -4.41. The van der Waals surface area contributed by atoms with Crippen LogP contribution in [0.3, 0.4) is 0 Å². The van der Waals surface area contributed by atoms with Gasteiger partial charge in [-0.1, -0.05) is 18.2 Å². The molecule has 94 valence electrons. The van der Waals surface area contributed by atoms with Crippen LogP contribution in [0.1, 0.15) is 11.3 Å². The Hall–Kier alpha value is -1.69. The van der Waals surface area contributed by atoms with Crippen LogP contribution in [0.5, 0.6) is 0 Å². The van der Waals surface area contributed by atoms with Gasteiger partial charge in [-0.15, -0.1) is 0 Å². The molecule has 0 bridgehead atoms. The number of hydrogen-bond donors (Lipinski definition) is 1. The zero-order valence-electron chi connectivity index (χ0n) is 9.38. The molecule has 0 unspecified atom stereocenters. The van der Waals surface area contributed by atoms with E-state index in [9.17, 15) is 13.2 Å². The normalized spacial score (nSPS) is 11.6. The minimum absolute atomic E-state index is 0.0354. The first-order chi connectivity index (χ1) is 8.38. The third-order valence-corrected chi connectivity index (χ3v) is 2.58. The highest BCUT2D eigenvalue weighted by Crippen LogP contribution is 2.36. The maximum absolute atomic E-state index is 12.9. The Morgan fingerprint density at radius 3 is 2.50 bits per heavy atom. The van der Waals surface area contributed by atoms with Crippen molar-refractivity contribution in [1.82, 2.24) is 9.97 Å². The van der Waals surface area contributed by atoms with Gasteiger partial charge in [0, 0.05) is 11.3 Å². The maximum Gasteiger partial charge on any atom is 0.417 e. The Kier molecular flexibility index (Phi) is 3.21. The Morgan fingerprint density at radius 1 is 1.22 bits per heavy atom. The number of rotatable bonds is 1. The number of alkyl halides is 3. The third-order valence-electron chi connectivity index (χ3n) is 2.39. The molecule has 1 aromatic carbocycles. The van der Waals surface area contributed by atoms with Gasteiger partial charge in [0.15, 0.2) is 4.77 Å². The summed E-state index contributed by atoms with van der Waals surface area (Å²) in [6.07, 6.45) is -4.41. The fourth-order valence-corrected chi connectivity index (χ4v) is 1.93. The van der Waals surface area contributed by atoms with Gasteiger partial charge in [-0.2, -0.15) is 13.2 Å². The van der Waals surface area contributed by atoms with Gasteiger partial charge < -0.3 is 4.98 Å². The zero-order valence-corrected chi connectivity index (χ0v) is 10.2. The first-order valence-corrected chi connectivity index (χ1v) is 5.53. The standard InChI is InChI=1S/C12H9F3N2S/c1-7-6-10(17-11(18)16-7)8-4-2-3-5-9(8)12(13,14)15/h2-6H,1H3,(H,16,17,18). The Bertz CT molecular complexity index is 632. The molecule has 0 aliphatic heterocycles. The number of nitrogens with one attached hydrogen (secondary N) is 1. The van der Waals surface area contributed by atoms with Crippen molar-refractivity contribution < 1.29 is 13.2 Å². The lowest BCUT2D eigenvalue weighted by Gasteiger charge is -2.12. The lowest BCUT2D eigenvalue weighted by Crippen LogP contribution is -2.07. The highest BCUT2D eigenvalue weighted by atomic mass is 32.1. The summed E-state index contributed by atoms with van der Waals surface area (Å²) < 4.78 is 38.8. The van der Waals surface area contributed by atoms with Gasteiger partial charge in [-0.3, -0.25) is 0 Å². The topological polar surface area (TPSA) is 28.7 Å². The van der Waals surface area contributed by atoms with Crippen LogP contribution in [-0.4, -0.2) is 9.97 Å². The third kappa shape index (κ3) is 2.59. The second kappa shape index (κ2) is 4.53. The van der Waals surface area contributed by atoms with E-state index in [0.717, 1.165) is 6.07 Å². The molecule has 2 aromatic rings. The van der Waals surface area contributed by atoms with E-state index in [0.29, 0.717) is 5.69 Å². The number of benzene rings is 1. The number of aryl methyl sites for hydroxylation is 1. The largest absolute Gasteiger partial charge is 0.417 e. The van der Waals surface area contributed by atoms with Crippen molar-refractivity contribution in [3.8, 4) is 11.3 Å². The van der Waals surface area contributed by atoms with Crippen molar-refractivity contribution in [2.24, 2.45) is 0 Å². The summed E-state index contributed by atoms with van der Waals surface area (Å²) in [5.74, 6) is 0. The number of halogens is 3. The predicted octanol–water partition coefficient (Wildman–Crippen LogP) is 4.13. The second-order valence-corrected chi connectivity index (χ2v) is 4.18. The summed E-state index contributed by atoms with van der Waals surface area (Å²) in [4.78, 5) is 6.70. The van der Waals surface area contributed by atoms with Gasteiger partial charge in [-0.05, 0) is 31.3 Å². The van der Waals surface area contributed by atoms with E-state index in [4.69, 9.17) is 12.2 Å². The molecular weight excluding hydrogens is 261 g/mol. The number of aromatic amines is 1. The fraction of sp³-hybridized carbons (Fsp3) is 0.167. The molecule has 0 saturated heterocycles. The molecule has 6 heteroatoms. The summed E-state index contributed by atoms with van der Waals surface area (Å²) in [6.45, 7) is 1.72. The lowest BCUT2D eigenvalue weighted by atomic mass is 10.0. The quantitative estimate of drug-likeness (QED) is 0.789. The van der Waals surface area contributed by atoms with Crippen LogP contribution >= 0.6 is 12.2 Å². The van der Waals surface area contributed by atoms with Gasteiger partial charge in [0.25, 0.3) is 0 Å². The molecule has 2 rings (SSSR count). The average molecular weight is 270 g/mol. The van der Waals surface area contributed by atoms with Gasteiger partial charge >= 0.3 is 6.18 Å². The number of aromatic nitrogens is 2. The van der Waals surface area contributed by atoms with E-state index in [1.54, 1.807) is 19.1 Å². The molecule has 0 radical (unpaired) electrons. The average Bonchev–Trinajstić information content (AvgIpc) is 2.26. The molecule has 0 aliphatic rings. The van der Waals surface area contributed by atoms with Crippen molar-refractivity contribution in [2.75, 3.05) is 0 Å². The molecule has 2 nitrogen and oxygen atoms in total. The molecule has 0 amide bonds. The van der Waals surface area contributed by atoms with Crippen molar-refractivity contribution in [1.29, 1.82) is 0 Å². The van der Waals surface area contributed by atoms with Crippen molar-refractivity contribution in [2.45, 2.75) is 13.1 Å². The summed E-state index contributed by atoms with van der Waals surface area (Å²) in [5.41, 5.74) is 0.219. The minimum Gasteiger partial charge on any atom is -0.335 e. The van der Waals surface area contributed by atoms with Gasteiger partial charge in [0.1, 0.15) is 0 Å². The van der Waals surface area contributed by atoms with Crippen LogP contribution in [0.4, 0.5) is 13.2 Å². The molecule has 0 spiro atoms. The summed E-state index contributed by atoms with van der Waals surface area (Å²) in [6, 6.07) is 6.86. The Labute approximate surface area is 107 Å². The van der Waals surface area contributed by atoms with E-state index in [1.165, 1.54) is 12.1 Å². The van der Waals surface area contributed by atoms with E-state index < -0.39 is 11.7 Å². The molecule has 0 saturated carbocycles. The highest BCUT2D eigenvalue weighted by molar-refractivity contribution is 7.71. The monoisotopic (exact) mass is 270 g/mol. The first-order valence-electron chi connectivity index (χ1n) is 5.12. The molecule has 0 fully saturated rings. The highest BCUT2D eigenvalue weighted by Gasteiger charge is 2.33. The zero-order chi connectivity index (χ0) is 13.3. The van der Waals surface area contributed by atoms with Crippen LogP contribution in [0.15, 0.2) is 30.3 Å².